The zero-order valence-corrected chi connectivity index (χ0v) is 15.6. The monoisotopic (exact) mass is 388 g/mol. The topological polar surface area (TPSA) is 67.4 Å². The number of halogens is 1. The second kappa shape index (κ2) is 10.4. The van der Waals surface area contributed by atoms with E-state index in [9.17, 15) is 9.59 Å². The van der Waals surface area contributed by atoms with E-state index in [1.165, 1.54) is 11.8 Å². The Morgan fingerprint density at radius 3 is 2.50 bits per heavy atom. The van der Waals surface area contributed by atoms with E-state index in [1.54, 1.807) is 19.1 Å². The van der Waals surface area contributed by atoms with Crippen molar-refractivity contribution in [3.63, 3.8) is 0 Å². The fourth-order valence-electron chi connectivity index (χ4n) is 1.78. The highest BCUT2D eigenvalue weighted by molar-refractivity contribution is 8.00. The standard InChI is InChI=1S/C19H17ClN2O3S/c1-14(26-17-11-9-16(20)10-12-17)18(23)21-22-19(24)25-13-5-8-15-6-3-2-4-7-15/h2-4,6-7,9-12,14H,13H2,1H3,(H,21,23)(H,22,24). The molecule has 0 aliphatic heterocycles. The number of nitrogens with one attached hydrogen (secondary N) is 2. The van der Waals surface area contributed by atoms with E-state index in [-0.39, 0.29) is 12.5 Å². The van der Waals surface area contributed by atoms with Crippen LogP contribution in [0.3, 0.4) is 0 Å². The Balaban J connectivity index is 1.68. The Kier molecular flexibility index (Phi) is 7.87. The molecule has 1 atom stereocenters. The van der Waals surface area contributed by atoms with Gasteiger partial charge in [-0.2, -0.15) is 0 Å². The van der Waals surface area contributed by atoms with Crippen molar-refractivity contribution >= 4 is 35.4 Å². The number of hydrogen-bond donors (Lipinski definition) is 2. The molecule has 2 aromatic carbocycles. The van der Waals surface area contributed by atoms with Gasteiger partial charge in [-0.25, -0.2) is 10.2 Å². The molecule has 0 radical (unpaired) electrons. The minimum absolute atomic E-state index is 0.0777. The van der Waals surface area contributed by atoms with Gasteiger partial charge in [-0.1, -0.05) is 41.6 Å². The van der Waals surface area contributed by atoms with Gasteiger partial charge in [-0.15, -0.1) is 11.8 Å². The molecule has 7 heteroatoms. The van der Waals surface area contributed by atoms with Crippen LogP contribution in [0.2, 0.25) is 5.02 Å². The molecule has 0 saturated heterocycles. The fraction of sp³-hybridized carbons (Fsp3) is 0.158. The average Bonchev–Trinajstić information content (AvgIpc) is 2.66. The van der Waals surface area contributed by atoms with Crippen LogP contribution in [-0.4, -0.2) is 23.9 Å². The van der Waals surface area contributed by atoms with Gasteiger partial charge in [0.05, 0.1) is 5.25 Å². The number of hydrogen-bond acceptors (Lipinski definition) is 4. The van der Waals surface area contributed by atoms with Gasteiger partial charge in [0.2, 0.25) is 0 Å². The maximum Gasteiger partial charge on any atom is 0.426 e. The maximum absolute atomic E-state index is 12.0. The first-order valence-corrected chi connectivity index (χ1v) is 8.99. The second-order valence-corrected chi connectivity index (χ2v) is 6.92. The van der Waals surface area contributed by atoms with Crippen molar-refractivity contribution in [2.75, 3.05) is 6.61 Å². The summed E-state index contributed by atoms with van der Waals surface area (Å²) in [6.07, 6.45) is -0.774. The molecule has 0 aliphatic carbocycles. The van der Waals surface area contributed by atoms with Gasteiger partial charge in [0.25, 0.3) is 5.91 Å². The number of thioether (sulfide) groups is 1. The molecule has 0 spiro atoms. The van der Waals surface area contributed by atoms with E-state index < -0.39 is 11.3 Å². The molecule has 2 amide bonds. The molecule has 0 saturated carbocycles. The molecule has 0 heterocycles. The van der Waals surface area contributed by atoms with Crippen LogP contribution in [-0.2, 0) is 9.53 Å². The van der Waals surface area contributed by atoms with Crippen LogP contribution in [0.4, 0.5) is 4.79 Å². The van der Waals surface area contributed by atoms with Gasteiger partial charge >= 0.3 is 6.09 Å². The average molecular weight is 389 g/mol. The van der Waals surface area contributed by atoms with Crippen molar-refractivity contribution in [1.82, 2.24) is 10.9 Å². The first-order valence-electron chi connectivity index (χ1n) is 7.73. The third-order valence-electron chi connectivity index (χ3n) is 3.07. The molecule has 134 valence electrons. The molecule has 2 aromatic rings. The highest BCUT2D eigenvalue weighted by atomic mass is 35.5. The minimum Gasteiger partial charge on any atom is -0.435 e. The summed E-state index contributed by atoms with van der Waals surface area (Å²) in [7, 11) is 0. The van der Waals surface area contributed by atoms with Crippen molar-refractivity contribution in [1.29, 1.82) is 0 Å². The van der Waals surface area contributed by atoms with Crippen LogP contribution in [0, 0.1) is 11.8 Å². The van der Waals surface area contributed by atoms with Crippen LogP contribution in [0.25, 0.3) is 0 Å². The Labute approximate surface area is 161 Å². The van der Waals surface area contributed by atoms with Crippen molar-refractivity contribution in [3.05, 3.63) is 65.2 Å². The zero-order valence-electron chi connectivity index (χ0n) is 14.0. The smallest absolute Gasteiger partial charge is 0.426 e. The number of carbonyl (C=O) groups excluding carboxylic acids is 2. The van der Waals surface area contributed by atoms with Gasteiger partial charge in [0.15, 0.2) is 6.61 Å². The number of hydrazine groups is 1. The van der Waals surface area contributed by atoms with E-state index >= 15 is 0 Å². The van der Waals surface area contributed by atoms with E-state index in [2.05, 4.69) is 22.7 Å². The van der Waals surface area contributed by atoms with Crippen LogP contribution in [0.5, 0.6) is 0 Å². The van der Waals surface area contributed by atoms with Crippen LogP contribution < -0.4 is 10.9 Å². The van der Waals surface area contributed by atoms with Crippen molar-refractivity contribution in [2.24, 2.45) is 0 Å². The van der Waals surface area contributed by atoms with E-state index in [0.717, 1.165) is 10.5 Å². The number of carbonyl (C=O) groups is 2. The Hall–Kier alpha value is -2.62. The molecule has 26 heavy (non-hydrogen) atoms. The van der Waals surface area contributed by atoms with E-state index in [4.69, 9.17) is 16.3 Å². The summed E-state index contributed by atoms with van der Waals surface area (Å²) in [5.74, 6) is 5.23. The van der Waals surface area contributed by atoms with E-state index in [0.29, 0.717) is 5.02 Å². The van der Waals surface area contributed by atoms with Crippen LogP contribution >= 0.6 is 23.4 Å². The summed E-state index contributed by atoms with van der Waals surface area (Å²) < 4.78 is 4.87. The number of benzene rings is 2. The third-order valence-corrected chi connectivity index (χ3v) is 4.43. The van der Waals surface area contributed by atoms with Gasteiger partial charge < -0.3 is 4.74 Å². The number of amides is 2. The molecule has 0 bridgehead atoms. The van der Waals surface area contributed by atoms with Gasteiger partial charge in [0, 0.05) is 15.5 Å². The summed E-state index contributed by atoms with van der Waals surface area (Å²) in [5.41, 5.74) is 5.34. The van der Waals surface area contributed by atoms with Crippen LogP contribution in [0.15, 0.2) is 59.5 Å². The molecule has 0 fully saturated rings. The van der Waals surface area contributed by atoms with Crippen molar-refractivity contribution in [3.8, 4) is 11.8 Å². The number of ether oxygens (including phenoxy) is 1. The molecular formula is C19H17ClN2O3S. The predicted octanol–water partition coefficient (Wildman–Crippen LogP) is 3.63. The lowest BCUT2D eigenvalue weighted by Gasteiger charge is -2.12. The summed E-state index contributed by atoms with van der Waals surface area (Å²) in [5, 5.41) is 0.223. The number of rotatable bonds is 4. The first kappa shape index (κ1) is 19.7. The lowest BCUT2D eigenvalue weighted by Crippen LogP contribution is -2.45. The molecule has 0 aromatic heterocycles. The summed E-state index contributed by atoms with van der Waals surface area (Å²) in [6, 6.07) is 16.5. The largest absolute Gasteiger partial charge is 0.435 e. The van der Waals surface area contributed by atoms with E-state index in [1.807, 2.05) is 42.5 Å². The fourth-order valence-corrected chi connectivity index (χ4v) is 2.78. The predicted molar refractivity (Wildman–Crippen MR) is 103 cm³/mol. The SMILES string of the molecule is CC(Sc1ccc(Cl)cc1)C(=O)NNC(=O)OCC#Cc1ccccc1. The second-order valence-electron chi connectivity index (χ2n) is 5.07. The highest BCUT2D eigenvalue weighted by Gasteiger charge is 2.15. The lowest BCUT2D eigenvalue weighted by atomic mass is 10.2. The summed E-state index contributed by atoms with van der Waals surface area (Å²) >= 11 is 7.17. The first-order chi connectivity index (χ1) is 12.5. The normalized spacial score (nSPS) is 10.8. The summed E-state index contributed by atoms with van der Waals surface area (Å²) in [6.45, 7) is 1.65. The Morgan fingerprint density at radius 2 is 1.81 bits per heavy atom. The van der Waals surface area contributed by atoms with Crippen LogP contribution in [0.1, 0.15) is 12.5 Å². The van der Waals surface area contributed by atoms with Gasteiger partial charge in [-0.3, -0.25) is 10.2 Å². The van der Waals surface area contributed by atoms with Crippen molar-refractivity contribution in [2.45, 2.75) is 17.1 Å². The minimum atomic E-state index is -0.774. The van der Waals surface area contributed by atoms with Gasteiger partial charge in [0.1, 0.15) is 0 Å². The third kappa shape index (κ3) is 7.09. The summed E-state index contributed by atoms with van der Waals surface area (Å²) in [4.78, 5) is 24.4. The highest BCUT2D eigenvalue weighted by Crippen LogP contribution is 2.24. The molecule has 5 nitrogen and oxygen atoms in total. The quantitative estimate of drug-likeness (QED) is 0.477. The molecule has 2 N–H and O–H groups in total. The zero-order chi connectivity index (χ0) is 18.8. The van der Waals surface area contributed by atoms with Crippen molar-refractivity contribution < 1.29 is 14.3 Å². The lowest BCUT2D eigenvalue weighted by molar-refractivity contribution is -0.121. The maximum atomic E-state index is 12.0. The Morgan fingerprint density at radius 1 is 1.12 bits per heavy atom. The molecule has 2 rings (SSSR count). The van der Waals surface area contributed by atoms with Gasteiger partial charge in [-0.05, 0) is 43.3 Å². The molecule has 0 aliphatic rings. The molecular weight excluding hydrogens is 372 g/mol. The Bertz CT molecular complexity index is 801. The molecule has 1 unspecified atom stereocenters.